The summed E-state index contributed by atoms with van der Waals surface area (Å²) in [7, 11) is 0. The molecule has 4 N–H and O–H groups in total. The van der Waals surface area contributed by atoms with Crippen molar-refractivity contribution in [2.24, 2.45) is 0 Å². The van der Waals surface area contributed by atoms with Gasteiger partial charge in [0.05, 0.1) is 24.0 Å². The number of nitrogens with one attached hydrogen (secondary N) is 1. The Labute approximate surface area is 123 Å². The van der Waals surface area contributed by atoms with Gasteiger partial charge in [0, 0.05) is 12.2 Å². The smallest absolute Gasteiger partial charge is 0.243 e. The highest BCUT2D eigenvalue weighted by Crippen LogP contribution is 2.30. The fraction of sp³-hybridized carbons (Fsp3) is 0.188. The van der Waals surface area contributed by atoms with E-state index in [2.05, 4.69) is 5.32 Å². The minimum absolute atomic E-state index is 0.0711. The van der Waals surface area contributed by atoms with Gasteiger partial charge in [-0.25, -0.2) is 0 Å². The van der Waals surface area contributed by atoms with Gasteiger partial charge in [-0.1, -0.05) is 24.3 Å². The Morgan fingerprint density at radius 3 is 2.67 bits per heavy atom. The first-order valence-electron chi connectivity index (χ1n) is 6.81. The summed E-state index contributed by atoms with van der Waals surface area (Å²) in [5, 5.41) is 13.2. The Bertz CT molecular complexity index is 655. The minimum atomic E-state index is -0.676. The molecular weight excluding hydrogens is 266 g/mol. The monoisotopic (exact) mass is 283 g/mol. The SMILES string of the molecule is Nc1ccc(C(O)CN2CC(=O)Nc3ccccc32)cc1. The third-order valence-electron chi connectivity index (χ3n) is 3.57. The number of carbonyl (C=O) groups is 1. The van der Waals surface area contributed by atoms with Gasteiger partial charge >= 0.3 is 0 Å². The highest BCUT2D eigenvalue weighted by molar-refractivity contribution is 6.01. The number of aliphatic hydroxyl groups excluding tert-OH is 1. The quantitative estimate of drug-likeness (QED) is 0.750. The number of hydrogen-bond donors (Lipinski definition) is 3. The van der Waals surface area contributed by atoms with E-state index in [0.29, 0.717) is 12.2 Å². The van der Waals surface area contributed by atoms with Crippen molar-refractivity contribution in [3.63, 3.8) is 0 Å². The lowest BCUT2D eigenvalue weighted by atomic mass is 10.1. The van der Waals surface area contributed by atoms with Crippen LogP contribution in [-0.2, 0) is 4.79 Å². The van der Waals surface area contributed by atoms with E-state index < -0.39 is 6.10 Å². The lowest BCUT2D eigenvalue weighted by Gasteiger charge is -2.32. The second kappa shape index (κ2) is 5.46. The molecule has 21 heavy (non-hydrogen) atoms. The van der Waals surface area contributed by atoms with Gasteiger partial charge in [0.15, 0.2) is 0 Å². The van der Waals surface area contributed by atoms with E-state index in [1.807, 2.05) is 29.2 Å². The predicted molar refractivity (Wildman–Crippen MR) is 83.1 cm³/mol. The van der Waals surface area contributed by atoms with Crippen molar-refractivity contribution >= 4 is 23.0 Å². The van der Waals surface area contributed by atoms with Crippen molar-refractivity contribution in [3.05, 3.63) is 54.1 Å². The van der Waals surface area contributed by atoms with Gasteiger partial charge in [0.1, 0.15) is 0 Å². The zero-order valence-corrected chi connectivity index (χ0v) is 11.5. The number of β-amino-alcohol motifs (C(OH)–C–C–N with tert-alkyl or cyclic N) is 1. The second-order valence-corrected chi connectivity index (χ2v) is 5.13. The number of anilines is 3. The zero-order chi connectivity index (χ0) is 14.8. The summed E-state index contributed by atoms with van der Waals surface area (Å²) in [6, 6.07) is 14.7. The molecule has 0 bridgehead atoms. The van der Waals surface area contributed by atoms with Gasteiger partial charge in [-0.2, -0.15) is 0 Å². The van der Waals surface area contributed by atoms with E-state index in [1.165, 1.54) is 0 Å². The number of carbonyl (C=O) groups excluding carboxylic acids is 1. The van der Waals surface area contributed by atoms with E-state index in [1.54, 1.807) is 24.3 Å². The van der Waals surface area contributed by atoms with E-state index in [9.17, 15) is 9.90 Å². The molecule has 108 valence electrons. The number of rotatable bonds is 3. The minimum Gasteiger partial charge on any atom is -0.399 e. The molecule has 2 aromatic carbocycles. The molecule has 3 rings (SSSR count). The fourth-order valence-corrected chi connectivity index (χ4v) is 2.50. The molecule has 0 saturated heterocycles. The van der Waals surface area contributed by atoms with Crippen LogP contribution in [0.4, 0.5) is 17.1 Å². The lowest BCUT2D eigenvalue weighted by molar-refractivity contribution is -0.115. The number of fused-ring (bicyclic) bond motifs is 1. The fourth-order valence-electron chi connectivity index (χ4n) is 2.50. The Kier molecular flexibility index (Phi) is 3.50. The summed E-state index contributed by atoms with van der Waals surface area (Å²) in [4.78, 5) is 13.6. The number of aliphatic hydroxyl groups is 1. The number of amides is 1. The Morgan fingerprint density at radius 1 is 1.19 bits per heavy atom. The van der Waals surface area contributed by atoms with Gasteiger partial charge in [-0.15, -0.1) is 0 Å². The van der Waals surface area contributed by atoms with Crippen molar-refractivity contribution in [2.45, 2.75) is 6.10 Å². The first-order chi connectivity index (χ1) is 10.1. The molecule has 0 saturated carbocycles. The van der Waals surface area contributed by atoms with Gasteiger partial charge in [-0.3, -0.25) is 4.79 Å². The highest BCUT2D eigenvalue weighted by atomic mass is 16.3. The van der Waals surface area contributed by atoms with Crippen molar-refractivity contribution in [2.75, 3.05) is 29.0 Å². The van der Waals surface area contributed by atoms with Crippen molar-refractivity contribution in [1.82, 2.24) is 0 Å². The second-order valence-electron chi connectivity index (χ2n) is 5.13. The molecule has 0 fully saturated rings. The summed E-state index contributed by atoms with van der Waals surface area (Å²) >= 11 is 0. The van der Waals surface area contributed by atoms with Crippen molar-refractivity contribution in [3.8, 4) is 0 Å². The number of nitrogens with zero attached hydrogens (tertiary/aromatic N) is 1. The van der Waals surface area contributed by atoms with Crippen LogP contribution in [0.2, 0.25) is 0 Å². The van der Waals surface area contributed by atoms with Gasteiger partial charge in [0.2, 0.25) is 5.91 Å². The molecule has 5 heteroatoms. The van der Waals surface area contributed by atoms with Gasteiger partial charge in [0.25, 0.3) is 0 Å². The molecule has 1 aliphatic heterocycles. The molecule has 0 spiro atoms. The molecule has 2 aromatic rings. The highest BCUT2D eigenvalue weighted by Gasteiger charge is 2.23. The molecule has 0 aromatic heterocycles. The summed E-state index contributed by atoms with van der Waals surface area (Å²) in [5.41, 5.74) is 8.79. The third-order valence-corrected chi connectivity index (χ3v) is 3.57. The van der Waals surface area contributed by atoms with Crippen LogP contribution in [0.5, 0.6) is 0 Å². The third kappa shape index (κ3) is 2.83. The molecular formula is C16H17N3O2. The predicted octanol–water partition coefficient (Wildman–Crippen LogP) is 1.76. The summed E-state index contributed by atoms with van der Waals surface area (Å²) in [5.74, 6) is -0.0711. The molecule has 0 radical (unpaired) electrons. The van der Waals surface area contributed by atoms with Crippen LogP contribution in [0.3, 0.4) is 0 Å². The molecule has 1 aliphatic rings. The van der Waals surface area contributed by atoms with E-state index in [0.717, 1.165) is 16.9 Å². The van der Waals surface area contributed by atoms with Crippen LogP contribution in [0.25, 0.3) is 0 Å². The zero-order valence-electron chi connectivity index (χ0n) is 11.5. The largest absolute Gasteiger partial charge is 0.399 e. The molecule has 0 aliphatic carbocycles. The van der Waals surface area contributed by atoms with Crippen LogP contribution in [-0.4, -0.2) is 24.1 Å². The number of nitrogen functional groups attached to an aromatic ring is 1. The van der Waals surface area contributed by atoms with Crippen LogP contribution >= 0.6 is 0 Å². The van der Waals surface area contributed by atoms with Crippen LogP contribution in [0, 0.1) is 0 Å². The van der Waals surface area contributed by atoms with Crippen molar-refractivity contribution < 1.29 is 9.90 Å². The van der Waals surface area contributed by atoms with E-state index >= 15 is 0 Å². The number of benzene rings is 2. The van der Waals surface area contributed by atoms with E-state index in [-0.39, 0.29) is 12.5 Å². The maximum atomic E-state index is 11.7. The molecule has 1 heterocycles. The van der Waals surface area contributed by atoms with Crippen LogP contribution in [0.1, 0.15) is 11.7 Å². The average Bonchev–Trinajstić information content (AvgIpc) is 2.47. The Morgan fingerprint density at radius 2 is 1.90 bits per heavy atom. The summed E-state index contributed by atoms with van der Waals surface area (Å²) in [6.07, 6.45) is -0.676. The van der Waals surface area contributed by atoms with Gasteiger partial charge in [-0.05, 0) is 29.8 Å². The summed E-state index contributed by atoms with van der Waals surface area (Å²) < 4.78 is 0. The first-order valence-corrected chi connectivity index (χ1v) is 6.81. The maximum Gasteiger partial charge on any atom is 0.243 e. The lowest BCUT2D eigenvalue weighted by Crippen LogP contribution is -2.40. The van der Waals surface area contributed by atoms with E-state index in [4.69, 9.17) is 5.73 Å². The molecule has 1 amide bonds. The standard InChI is InChI=1S/C16H17N3O2/c17-12-7-5-11(6-8-12)15(20)9-19-10-16(21)18-13-3-1-2-4-14(13)19/h1-8,15,20H,9-10,17H2,(H,18,21). The topological polar surface area (TPSA) is 78.6 Å². The number of para-hydroxylation sites is 2. The number of nitrogens with two attached hydrogens (primary N) is 1. The van der Waals surface area contributed by atoms with Crippen LogP contribution in [0.15, 0.2) is 48.5 Å². The first kappa shape index (κ1) is 13.5. The van der Waals surface area contributed by atoms with Crippen LogP contribution < -0.4 is 16.0 Å². The Balaban J connectivity index is 1.81. The summed E-state index contributed by atoms with van der Waals surface area (Å²) in [6.45, 7) is 0.595. The number of hydrogen-bond acceptors (Lipinski definition) is 4. The average molecular weight is 283 g/mol. The van der Waals surface area contributed by atoms with Crippen molar-refractivity contribution in [1.29, 1.82) is 0 Å². The molecule has 5 nitrogen and oxygen atoms in total. The Hall–Kier alpha value is -2.53. The normalized spacial score (nSPS) is 15.3. The van der Waals surface area contributed by atoms with Gasteiger partial charge < -0.3 is 21.1 Å². The molecule has 1 unspecified atom stereocenters. The maximum absolute atomic E-state index is 11.7. The molecule has 1 atom stereocenters.